The number of benzene rings is 1. The Morgan fingerprint density at radius 1 is 1.42 bits per heavy atom. The van der Waals surface area contributed by atoms with Gasteiger partial charge in [0.15, 0.2) is 0 Å². The van der Waals surface area contributed by atoms with E-state index in [4.69, 9.17) is 5.26 Å². The molecular weight excluding hydrogens is 262 g/mol. The van der Waals surface area contributed by atoms with E-state index in [9.17, 15) is 8.42 Å². The summed E-state index contributed by atoms with van der Waals surface area (Å²) in [5.74, 6) is 0. The first-order valence-corrected chi connectivity index (χ1v) is 7.67. The molecule has 19 heavy (non-hydrogen) atoms. The Kier molecular flexibility index (Phi) is 4.20. The van der Waals surface area contributed by atoms with Gasteiger partial charge >= 0.3 is 0 Å². The average Bonchev–Trinajstić information content (AvgIpc) is 2.40. The Morgan fingerprint density at radius 2 is 2.11 bits per heavy atom. The first kappa shape index (κ1) is 14.0. The molecule has 6 heteroatoms. The van der Waals surface area contributed by atoms with E-state index in [0.717, 1.165) is 5.56 Å². The number of nitrogens with one attached hydrogen (secondary N) is 1. The molecule has 1 saturated heterocycles. The molecule has 2 rings (SSSR count). The molecule has 0 aromatic heterocycles. The summed E-state index contributed by atoms with van der Waals surface area (Å²) in [6, 6.07) is 8.76. The Bertz CT molecular complexity index is 575. The van der Waals surface area contributed by atoms with E-state index in [1.165, 1.54) is 4.31 Å². The Balaban J connectivity index is 2.21. The lowest BCUT2D eigenvalue weighted by atomic mass is 10.2. The fourth-order valence-electron chi connectivity index (χ4n) is 2.13. The average molecular weight is 279 g/mol. The van der Waals surface area contributed by atoms with Crippen LogP contribution in [0.25, 0.3) is 0 Å². The first-order chi connectivity index (χ1) is 9.04. The van der Waals surface area contributed by atoms with E-state index in [2.05, 4.69) is 5.32 Å². The highest BCUT2D eigenvalue weighted by atomic mass is 32.2. The summed E-state index contributed by atoms with van der Waals surface area (Å²) < 4.78 is 26.4. The van der Waals surface area contributed by atoms with Crippen molar-refractivity contribution in [1.29, 1.82) is 5.26 Å². The minimum Gasteiger partial charge on any atom is -0.312 e. The second-order valence-electron chi connectivity index (χ2n) is 4.70. The normalized spacial score (nSPS) is 20.9. The molecular formula is C13H17N3O2S. The summed E-state index contributed by atoms with van der Waals surface area (Å²) in [6.45, 7) is 3.62. The lowest BCUT2D eigenvalue weighted by Crippen LogP contribution is -2.51. The van der Waals surface area contributed by atoms with Crippen LogP contribution < -0.4 is 5.32 Å². The molecule has 1 aliphatic heterocycles. The van der Waals surface area contributed by atoms with Gasteiger partial charge in [-0.25, -0.2) is 8.42 Å². The number of nitrogens with zero attached hydrogens (tertiary/aromatic N) is 2. The number of hydrogen-bond acceptors (Lipinski definition) is 4. The molecule has 0 saturated carbocycles. The van der Waals surface area contributed by atoms with Crippen molar-refractivity contribution >= 4 is 10.0 Å². The van der Waals surface area contributed by atoms with Crippen LogP contribution in [0.5, 0.6) is 0 Å². The van der Waals surface area contributed by atoms with Crippen molar-refractivity contribution in [3.8, 4) is 6.07 Å². The van der Waals surface area contributed by atoms with Crippen molar-refractivity contribution in [1.82, 2.24) is 9.62 Å². The van der Waals surface area contributed by atoms with Gasteiger partial charge in [0.05, 0.1) is 17.4 Å². The van der Waals surface area contributed by atoms with E-state index < -0.39 is 10.0 Å². The standard InChI is InChI=1S/C13H17N3O2S/c1-11-10-16(9-8-15-11)19(17,18)13-4-2-12(3-5-13)6-7-14/h2-5,11,15H,6,8-10H2,1H3/t11-/m0/s1. The van der Waals surface area contributed by atoms with Gasteiger partial charge in [-0.15, -0.1) is 0 Å². The number of hydrogen-bond donors (Lipinski definition) is 1. The third-order valence-corrected chi connectivity index (χ3v) is 5.06. The SMILES string of the molecule is C[C@H]1CN(S(=O)(=O)c2ccc(CC#N)cc2)CCN1. The van der Waals surface area contributed by atoms with E-state index in [1.54, 1.807) is 24.3 Å². The van der Waals surface area contributed by atoms with Gasteiger partial charge in [-0.2, -0.15) is 9.57 Å². The van der Waals surface area contributed by atoms with Crippen molar-refractivity contribution < 1.29 is 8.42 Å². The van der Waals surface area contributed by atoms with Crippen molar-refractivity contribution in [3.05, 3.63) is 29.8 Å². The van der Waals surface area contributed by atoms with Crippen LogP contribution in [0, 0.1) is 11.3 Å². The number of rotatable bonds is 3. The zero-order valence-electron chi connectivity index (χ0n) is 10.8. The highest BCUT2D eigenvalue weighted by molar-refractivity contribution is 7.89. The molecule has 0 aliphatic carbocycles. The van der Waals surface area contributed by atoms with Crippen LogP contribution in [0.1, 0.15) is 12.5 Å². The Morgan fingerprint density at radius 3 is 2.68 bits per heavy atom. The number of nitriles is 1. The lowest BCUT2D eigenvalue weighted by molar-refractivity contribution is 0.310. The smallest absolute Gasteiger partial charge is 0.243 e. The highest BCUT2D eigenvalue weighted by Gasteiger charge is 2.28. The number of piperazine rings is 1. The van der Waals surface area contributed by atoms with E-state index in [0.29, 0.717) is 31.0 Å². The summed E-state index contributed by atoms with van der Waals surface area (Å²) in [5, 5.41) is 11.8. The molecule has 5 nitrogen and oxygen atoms in total. The predicted octanol–water partition coefficient (Wildman–Crippen LogP) is 0.735. The zero-order valence-corrected chi connectivity index (χ0v) is 11.7. The molecule has 0 spiro atoms. The summed E-state index contributed by atoms with van der Waals surface area (Å²) in [4.78, 5) is 0.295. The molecule has 1 N–H and O–H groups in total. The van der Waals surface area contributed by atoms with Gasteiger partial charge < -0.3 is 5.32 Å². The molecule has 1 aromatic carbocycles. The minimum absolute atomic E-state index is 0.168. The number of sulfonamides is 1. The molecule has 0 unspecified atom stereocenters. The maximum atomic E-state index is 12.4. The molecule has 1 aromatic rings. The Hall–Kier alpha value is -1.42. The van der Waals surface area contributed by atoms with Crippen LogP contribution in [0.4, 0.5) is 0 Å². The van der Waals surface area contributed by atoms with Crippen LogP contribution in [0.2, 0.25) is 0 Å². The van der Waals surface area contributed by atoms with Crippen LogP contribution in [-0.4, -0.2) is 38.4 Å². The molecule has 1 fully saturated rings. The van der Waals surface area contributed by atoms with Gasteiger partial charge in [0.25, 0.3) is 0 Å². The largest absolute Gasteiger partial charge is 0.312 e. The zero-order chi connectivity index (χ0) is 13.9. The molecule has 1 aliphatic rings. The maximum Gasteiger partial charge on any atom is 0.243 e. The van der Waals surface area contributed by atoms with E-state index in [-0.39, 0.29) is 6.04 Å². The summed E-state index contributed by atoms with van der Waals surface area (Å²) in [7, 11) is -3.42. The molecule has 1 heterocycles. The third kappa shape index (κ3) is 3.13. The summed E-state index contributed by atoms with van der Waals surface area (Å²) in [5.41, 5.74) is 0.829. The highest BCUT2D eigenvalue weighted by Crippen LogP contribution is 2.18. The molecule has 0 amide bonds. The third-order valence-electron chi connectivity index (χ3n) is 3.18. The fourth-order valence-corrected chi connectivity index (χ4v) is 3.66. The molecule has 0 radical (unpaired) electrons. The van der Waals surface area contributed by atoms with Crippen molar-refractivity contribution in [3.63, 3.8) is 0 Å². The fraction of sp³-hybridized carbons (Fsp3) is 0.462. The van der Waals surface area contributed by atoms with Crippen molar-refractivity contribution in [2.75, 3.05) is 19.6 Å². The topological polar surface area (TPSA) is 73.2 Å². The van der Waals surface area contributed by atoms with Gasteiger partial charge in [0, 0.05) is 25.7 Å². The van der Waals surface area contributed by atoms with Gasteiger partial charge in [-0.3, -0.25) is 0 Å². The van der Waals surface area contributed by atoms with Crippen molar-refractivity contribution in [2.24, 2.45) is 0 Å². The van der Waals surface area contributed by atoms with Gasteiger partial charge in [0.2, 0.25) is 10.0 Å². The van der Waals surface area contributed by atoms with Gasteiger partial charge in [-0.05, 0) is 24.6 Å². The van der Waals surface area contributed by atoms with Gasteiger partial charge in [0.1, 0.15) is 0 Å². The lowest BCUT2D eigenvalue weighted by Gasteiger charge is -2.31. The van der Waals surface area contributed by atoms with E-state index >= 15 is 0 Å². The second-order valence-corrected chi connectivity index (χ2v) is 6.64. The summed E-state index contributed by atoms with van der Waals surface area (Å²) in [6.07, 6.45) is 0.297. The monoisotopic (exact) mass is 279 g/mol. The molecule has 1 atom stereocenters. The van der Waals surface area contributed by atoms with Crippen LogP contribution in [-0.2, 0) is 16.4 Å². The molecule has 102 valence electrons. The maximum absolute atomic E-state index is 12.4. The summed E-state index contributed by atoms with van der Waals surface area (Å²) >= 11 is 0. The van der Waals surface area contributed by atoms with Gasteiger partial charge in [-0.1, -0.05) is 12.1 Å². The van der Waals surface area contributed by atoms with Crippen molar-refractivity contribution in [2.45, 2.75) is 24.3 Å². The van der Waals surface area contributed by atoms with Crippen LogP contribution in [0.15, 0.2) is 29.2 Å². The first-order valence-electron chi connectivity index (χ1n) is 6.23. The van der Waals surface area contributed by atoms with E-state index in [1.807, 2.05) is 13.0 Å². The van der Waals surface area contributed by atoms with Crippen LogP contribution in [0.3, 0.4) is 0 Å². The quantitative estimate of drug-likeness (QED) is 0.885. The second kappa shape index (κ2) is 5.70. The Labute approximate surface area is 113 Å². The molecule has 0 bridgehead atoms. The minimum atomic E-state index is -3.42. The van der Waals surface area contributed by atoms with Crippen LogP contribution >= 0.6 is 0 Å². The predicted molar refractivity (Wildman–Crippen MR) is 72.0 cm³/mol.